The van der Waals surface area contributed by atoms with Gasteiger partial charge in [0.05, 0.1) is 30.1 Å². The molecular weight excluding hydrogens is 317 g/mol. The van der Waals surface area contributed by atoms with Gasteiger partial charge in [-0.05, 0) is 25.0 Å². The molecule has 1 unspecified atom stereocenters. The monoisotopic (exact) mass is 337 g/mol. The molecule has 1 aromatic rings. The Hall–Kier alpha value is -2.22. The molecule has 2 heterocycles. The van der Waals surface area contributed by atoms with Crippen molar-refractivity contribution in [2.24, 2.45) is 5.92 Å². The van der Waals surface area contributed by atoms with Crippen LogP contribution >= 0.6 is 0 Å². The van der Waals surface area contributed by atoms with Crippen molar-refractivity contribution in [2.75, 3.05) is 44.3 Å². The fourth-order valence-corrected chi connectivity index (χ4v) is 3.35. The Kier molecular flexibility index (Phi) is 4.94. The smallest absolute Gasteiger partial charge is 0.295 e. The van der Waals surface area contributed by atoms with Crippen molar-refractivity contribution in [2.45, 2.75) is 12.8 Å². The van der Waals surface area contributed by atoms with E-state index in [1.165, 1.54) is 12.1 Å². The molecule has 0 bridgehead atoms. The molecule has 130 valence electrons. The maximum Gasteiger partial charge on any atom is 0.295 e. The van der Waals surface area contributed by atoms with Crippen LogP contribution in [0.25, 0.3) is 0 Å². The fourth-order valence-electron chi connectivity index (χ4n) is 3.35. The summed E-state index contributed by atoms with van der Waals surface area (Å²) in [5.74, 6) is -0.752. The maximum atomic E-state index is 13.3. The van der Waals surface area contributed by atoms with Crippen molar-refractivity contribution < 1.29 is 18.8 Å². The van der Waals surface area contributed by atoms with Gasteiger partial charge in [-0.15, -0.1) is 0 Å². The van der Waals surface area contributed by atoms with Gasteiger partial charge in [-0.2, -0.15) is 0 Å². The number of ether oxygens (including phenoxy) is 1. The van der Waals surface area contributed by atoms with Crippen molar-refractivity contribution in [1.82, 2.24) is 4.90 Å². The van der Waals surface area contributed by atoms with Crippen LogP contribution in [-0.2, 0) is 9.53 Å². The van der Waals surface area contributed by atoms with Crippen LogP contribution in [0.15, 0.2) is 18.2 Å². The number of amides is 1. The maximum absolute atomic E-state index is 13.3. The summed E-state index contributed by atoms with van der Waals surface area (Å²) in [5.41, 5.74) is 0.121. The van der Waals surface area contributed by atoms with Gasteiger partial charge in [0.1, 0.15) is 11.5 Å². The van der Waals surface area contributed by atoms with Gasteiger partial charge in [0, 0.05) is 26.2 Å². The topological polar surface area (TPSA) is 75.9 Å². The average Bonchev–Trinajstić information content (AvgIpc) is 2.62. The van der Waals surface area contributed by atoms with Crippen molar-refractivity contribution in [3.05, 3.63) is 34.1 Å². The minimum atomic E-state index is -0.636. The molecule has 2 aliphatic heterocycles. The standard InChI is InChI=1S/C16H20FN3O4/c17-13-3-4-14(15(10-13)20(22)23)19-5-1-2-12(11-19)16(21)18-6-8-24-9-7-18/h3-4,10,12H,1-2,5-9,11H2. The molecule has 2 aliphatic rings. The highest BCUT2D eigenvalue weighted by Crippen LogP contribution is 2.32. The zero-order valence-corrected chi connectivity index (χ0v) is 13.3. The van der Waals surface area contributed by atoms with Gasteiger partial charge in [0.2, 0.25) is 5.91 Å². The Morgan fingerprint density at radius 3 is 2.75 bits per heavy atom. The molecule has 24 heavy (non-hydrogen) atoms. The number of rotatable bonds is 3. The van der Waals surface area contributed by atoms with Crippen molar-refractivity contribution >= 4 is 17.3 Å². The number of carbonyl (C=O) groups excluding carboxylic acids is 1. The molecule has 1 aromatic carbocycles. The minimum Gasteiger partial charge on any atom is -0.378 e. The zero-order chi connectivity index (χ0) is 17.1. The molecule has 1 atom stereocenters. The summed E-state index contributed by atoms with van der Waals surface area (Å²) in [6, 6.07) is 3.58. The van der Waals surface area contributed by atoms with Gasteiger partial charge in [-0.3, -0.25) is 14.9 Å². The lowest BCUT2D eigenvalue weighted by Crippen LogP contribution is -2.48. The molecule has 0 spiro atoms. The number of nitrogens with zero attached hydrogens (tertiary/aromatic N) is 3. The molecule has 0 aromatic heterocycles. The lowest BCUT2D eigenvalue weighted by molar-refractivity contribution is -0.384. The van der Waals surface area contributed by atoms with Crippen LogP contribution in [0.3, 0.4) is 0 Å². The number of hydrogen-bond acceptors (Lipinski definition) is 5. The number of hydrogen-bond donors (Lipinski definition) is 0. The van der Waals surface area contributed by atoms with Crippen molar-refractivity contribution in [1.29, 1.82) is 0 Å². The summed E-state index contributed by atoms with van der Waals surface area (Å²) in [7, 11) is 0. The quantitative estimate of drug-likeness (QED) is 0.621. The third kappa shape index (κ3) is 3.48. The fraction of sp³-hybridized carbons (Fsp3) is 0.562. The van der Waals surface area contributed by atoms with E-state index in [9.17, 15) is 19.3 Å². The van der Waals surface area contributed by atoms with Gasteiger partial charge >= 0.3 is 0 Å². The molecule has 0 radical (unpaired) electrons. The molecule has 3 rings (SSSR count). The first-order valence-corrected chi connectivity index (χ1v) is 8.11. The molecule has 0 N–H and O–H groups in total. The van der Waals surface area contributed by atoms with Gasteiger partial charge in [0.15, 0.2) is 0 Å². The summed E-state index contributed by atoms with van der Waals surface area (Å²) < 4.78 is 18.6. The van der Waals surface area contributed by atoms with Gasteiger partial charge in [-0.25, -0.2) is 4.39 Å². The van der Waals surface area contributed by atoms with Crippen LogP contribution in [0, 0.1) is 21.8 Å². The second-order valence-electron chi connectivity index (χ2n) is 6.11. The van der Waals surface area contributed by atoms with E-state index >= 15 is 0 Å². The Labute approximate surface area is 139 Å². The lowest BCUT2D eigenvalue weighted by Gasteiger charge is -2.37. The van der Waals surface area contributed by atoms with Crippen LogP contribution in [0.1, 0.15) is 12.8 Å². The van der Waals surface area contributed by atoms with E-state index in [2.05, 4.69) is 0 Å². The van der Waals surface area contributed by atoms with E-state index in [0.29, 0.717) is 45.1 Å². The van der Waals surface area contributed by atoms with Crippen LogP contribution in [-0.4, -0.2) is 55.1 Å². The summed E-state index contributed by atoms with van der Waals surface area (Å²) in [6.07, 6.45) is 1.54. The molecule has 1 amide bonds. The summed E-state index contributed by atoms with van der Waals surface area (Å²) in [6.45, 7) is 3.32. The minimum absolute atomic E-state index is 0.0766. The number of halogens is 1. The predicted octanol–water partition coefficient (Wildman–Crippen LogP) is 1.81. The van der Waals surface area contributed by atoms with Crippen LogP contribution < -0.4 is 4.90 Å². The molecule has 8 heteroatoms. The lowest BCUT2D eigenvalue weighted by atomic mass is 9.95. The summed E-state index contributed by atoms with van der Waals surface area (Å²) in [5, 5.41) is 11.2. The average molecular weight is 337 g/mol. The Morgan fingerprint density at radius 1 is 1.29 bits per heavy atom. The van der Waals surface area contributed by atoms with Crippen LogP contribution in [0.5, 0.6) is 0 Å². The summed E-state index contributed by atoms with van der Waals surface area (Å²) in [4.78, 5) is 26.9. The highest BCUT2D eigenvalue weighted by molar-refractivity contribution is 5.80. The number of piperidine rings is 1. The first-order chi connectivity index (χ1) is 11.6. The number of benzene rings is 1. The third-order valence-electron chi connectivity index (χ3n) is 4.57. The van der Waals surface area contributed by atoms with E-state index in [1.54, 1.807) is 4.90 Å². The van der Waals surface area contributed by atoms with Crippen LogP contribution in [0.4, 0.5) is 15.8 Å². The summed E-state index contributed by atoms with van der Waals surface area (Å²) >= 11 is 0. The van der Waals surface area contributed by atoms with Crippen molar-refractivity contribution in [3.63, 3.8) is 0 Å². The predicted molar refractivity (Wildman–Crippen MR) is 85.4 cm³/mol. The molecule has 7 nitrogen and oxygen atoms in total. The number of nitro groups is 1. The van der Waals surface area contributed by atoms with Gasteiger partial charge in [0.25, 0.3) is 5.69 Å². The van der Waals surface area contributed by atoms with E-state index < -0.39 is 10.7 Å². The number of anilines is 1. The molecule has 2 saturated heterocycles. The number of carbonyl (C=O) groups is 1. The Morgan fingerprint density at radius 2 is 2.04 bits per heavy atom. The Balaban J connectivity index is 1.76. The first-order valence-electron chi connectivity index (χ1n) is 8.11. The largest absolute Gasteiger partial charge is 0.378 e. The van der Waals surface area contributed by atoms with Gasteiger partial charge < -0.3 is 14.5 Å². The van der Waals surface area contributed by atoms with Crippen LogP contribution in [0.2, 0.25) is 0 Å². The Bertz CT molecular complexity index is 634. The second-order valence-corrected chi connectivity index (χ2v) is 6.11. The zero-order valence-electron chi connectivity index (χ0n) is 13.3. The number of morpholine rings is 1. The third-order valence-corrected chi connectivity index (χ3v) is 4.57. The molecule has 0 aliphatic carbocycles. The molecule has 0 saturated carbocycles. The van der Waals surface area contributed by atoms with E-state index in [0.717, 1.165) is 18.9 Å². The van der Waals surface area contributed by atoms with Gasteiger partial charge in [-0.1, -0.05) is 0 Å². The number of nitro benzene ring substituents is 1. The highest BCUT2D eigenvalue weighted by Gasteiger charge is 2.32. The molecule has 2 fully saturated rings. The SMILES string of the molecule is O=C(C1CCCN(c2ccc(F)cc2[N+](=O)[O-])C1)N1CCOCC1. The second kappa shape index (κ2) is 7.12. The highest BCUT2D eigenvalue weighted by atomic mass is 19.1. The van der Waals surface area contributed by atoms with E-state index in [1.807, 2.05) is 4.90 Å². The van der Waals surface area contributed by atoms with E-state index in [4.69, 9.17) is 4.74 Å². The molecular formula is C16H20FN3O4. The first kappa shape index (κ1) is 16.6. The normalized spacial score (nSPS) is 21.6. The van der Waals surface area contributed by atoms with E-state index in [-0.39, 0.29) is 17.5 Å². The van der Waals surface area contributed by atoms with Crippen molar-refractivity contribution in [3.8, 4) is 0 Å².